The molecule has 2 rings (SSSR count). The van der Waals surface area contributed by atoms with Gasteiger partial charge in [-0.05, 0) is 6.92 Å². The van der Waals surface area contributed by atoms with E-state index in [1.165, 1.54) is 12.5 Å². The number of benzene rings is 1. The highest BCUT2D eigenvalue weighted by Gasteiger charge is 2.05. The van der Waals surface area contributed by atoms with Gasteiger partial charge in [0, 0.05) is 12.5 Å². The number of rotatable bonds is 2. The van der Waals surface area contributed by atoms with Gasteiger partial charge in [-0.1, -0.05) is 29.8 Å². The predicted octanol–water partition coefficient (Wildman–Crippen LogP) is 1.74. The van der Waals surface area contributed by atoms with Crippen LogP contribution in [-0.2, 0) is 4.79 Å². The Morgan fingerprint density at radius 3 is 2.62 bits per heavy atom. The van der Waals surface area contributed by atoms with Crippen LogP contribution in [0.25, 0.3) is 11.4 Å². The van der Waals surface area contributed by atoms with Gasteiger partial charge in [0.25, 0.3) is 0 Å². The molecule has 0 radical (unpaired) electrons. The maximum atomic E-state index is 10.8. The number of aryl methyl sites for hydroxylation is 1. The third-order valence-corrected chi connectivity index (χ3v) is 2.10. The first-order valence-corrected chi connectivity index (χ1v) is 4.92. The van der Waals surface area contributed by atoms with Gasteiger partial charge in [0.15, 0.2) is 5.82 Å². The van der Waals surface area contributed by atoms with Crippen molar-refractivity contribution in [2.24, 2.45) is 0 Å². The molecule has 0 saturated heterocycles. The molecule has 2 aromatic rings. The topological polar surface area (TPSA) is 70.7 Å². The molecule has 0 aliphatic heterocycles. The minimum Gasteiger partial charge on any atom is -0.293 e. The molecule has 2 N–H and O–H groups in total. The Kier molecular flexibility index (Phi) is 2.68. The number of aromatic amines is 1. The van der Waals surface area contributed by atoms with Crippen LogP contribution in [0.3, 0.4) is 0 Å². The summed E-state index contributed by atoms with van der Waals surface area (Å²) in [5, 5.41) is 9.17. The van der Waals surface area contributed by atoms with Crippen LogP contribution in [0.4, 0.5) is 5.95 Å². The molecule has 16 heavy (non-hydrogen) atoms. The second-order valence-electron chi connectivity index (χ2n) is 3.55. The van der Waals surface area contributed by atoms with E-state index in [0.29, 0.717) is 11.8 Å². The van der Waals surface area contributed by atoms with Crippen LogP contribution in [0, 0.1) is 6.92 Å². The summed E-state index contributed by atoms with van der Waals surface area (Å²) in [7, 11) is 0. The first kappa shape index (κ1) is 10.4. The molecule has 1 aromatic carbocycles. The van der Waals surface area contributed by atoms with E-state index >= 15 is 0 Å². The van der Waals surface area contributed by atoms with Gasteiger partial charge in [-0.3, -0.25) is 15.2 Å². The lowest BCUT2D eigenvalue weighted by Gasteiger charge is -1.96. The molecule has 1 aromatic heterocycles. The molecule has 0 saturated carbocycles. The van der Waals surface area contributed by atoms with Crippen LogP contribution < -0.4 is 5.32 Å². The fourth-order valence-corrected chi connectivity index (χ4v) is 1.32. The normalized spacial score (nSPS) is 10.1. The van der Waals surface area contributed by atoms with Crippen LogP contribution in [0.15, 0.2) is 24.3 Å². The second kappa shape index (κ2) is 4.14. The Bertz CT molecular complexity index is 501. The average Bonchev–Trinajstić information content (AvgIpc) is 2.66. The molecule has 1 amide bonds. The summed E-state index contributed by atoms with van der Waals surface area (Å²) in [6.45, 7) is 3.44. The van der Waals surface area contributed by atoms with Gasteiger partial charge in [-0.15, -0.1) is 5.10 Å². The third kappa shape index (κ3) is 2.25. The minimum atomic E-state index is -0.186. The number of carbonyl (C=O) groups is 1. The van der Waals surface area contributed by atoms with Crippen molar-refractivity contribution in [3.63, 3.8) is 0 Å². The summed E-state index contributed by atoms with van der Waals surface area (Å²) in [4.78, 5) is 15.0. The summed E-state index contributed by atoms with van der Waals surface area (Å²) in [5.41, 5.74) is 2.13. The van der Waals surface area contributed by atoms with Crippen LogP contribution in [0.2, 0.25) is 0 Å². The number of hydrogen-bond acceptors (Lipinski definition) is 3. The fourth-order valence-electron chi connectivity index (χ4n) is 1.32. The fraction of sp³-hybridized carbons (Fsp3) is 0.182. The van der Waals surface area contributed by atoms with Gasteiger partial charge in [-0.25, -0.2) is 0 Å². The summed E-state index contributed by atoms with van der Waals surface area (Å²) in [6, 6.07) is 7.90. The summed E-state index contributed by atoms with van der Waals surface area (Å²) in [6.07, 6.45) is 0. The Morgan fingerprint density at radius 1 is 1.31 bits per heavy atom. The Balaban J connectivity index is 2.24. The molecule has 0 aliphatic rings. The number of nitrogens with zero attached hydrogens (tertiary/aromatic N) is 2. The third-order valence-electron chi connectivity index (χ3n) is 2.10. The molecule has 0 spiro atoms. The van der Waals surface area contributed by atoms with E-state index in [1.54, 1.807) is 0 Å². The van der Waals surface area contributed by atoms with Crippen molar-refractivity contribution >= 4 is 11.9 Å². The molecule has 5 nitrogen and oxygen atoms in total. The molecule has 1 heterocycles. The zero-order chi connectivity index (χ0) is 11.5. The SMILES string of the molecule is CC(=O)Nc1n[nH]c(-c2ccc(C)cc2)n1. The number of anilines is 1. The molecule has 0 unspecified atom stereocenters. The van der Waals surface area contributed by atoms with Gasteiger partial charge in [0.1, 0.15) is 0 Å². The van der Waals surface area contributed by atoms with Crippen molar-refractivity contribution in [3.05, 3.63) is 29.8 Å². The number of carbonyl (C=O) groups excluding carboxylic acids is 1. The number of nitrogens with one attached hydrogen (secondary N) is 2. The van der Waals surface area contributed by atoms with Crippen molar-refractivity contribution in [3.8, 4) is 11.4 Å². The summed E-state index contributed by atoms with van der Waals surface area (Å²) >= 11 is 0. The quantitative estimate of drug-likeness (QED) is 0.803. The van der Waals surface area contributed by atoms with E-state index < -0.39 is 0 Å². The molecule has 5 heteroatoms. The Labute approximate surface area is 92.9 Å². The molecular weight excluding hydrogens is 204 g/mol. The molecule has 0 aliphatic carbocycles. The van der Waals surface area contributed by atoms with Crippen molar-refractivity contribution in [1.29, 1.82) is 0 Å². The Hall–Kier alpha value is -2.17. The van der Waals surface area contributed by atoms with Gasteiger partial charge in [-0.2, -0.15) is 4.98 Å². The Morgan fingerprint density at radius 2 is 2.00 bits per heavy atom. The highest BCUT2D eigenvalue weighted by Crippen LogP contribution is 2.16. The van der Waals surface area contributed by atoms with Gasteiger partial charge < -0.3 is 0 Å². The minimum absolute atomic E-state index is 0.186. The van der Waals surface area contributed by atoms with Crippen LogP contribution in [0.5, 0.6) is 0 Å². The lowest BCUT2D eigenvalue weighted by molar-refractivity contribution is -0.114. The van der Waals surface area contributed by atoms with E-state index in [4.69, 9.17) is 0 Å². The number of hydrogen-bond donors (Lipinski definition) is 2. The highest BCUT2D eigenvalue weighted by molar-refractivity contribution is 5.86. The van der Waals surface area contributed by atoms with Gasteiger partial charge in [0.2, 0.25) is 11.9 Å². The van der Waals surface area contributed by atoms with E-state index in [9.17, 15) is 4.79 Å². The zero-order valence-corrected chi connectivity index (χ0v) is 9.11. The number of amides is 1. The van der Waals surface area contributed by atoms with E-state index in [1.807, 2.05) is 31.2 Å². The monoisotopic (exact) mass is 216 g/mol. The van der Waals surface area contributed by atoms with Crippen molar-refractivity contribution in [2.45, 2.75) is 13.8 Å². The maximum absolute atomic E-state index is 10.8. The van der Waals surface area contributed by atoms with E-state index in [2.05, 4.69) is 20.5 Å². The largest absolute Gasteiger partial charge is 0.293 e. The number of H-pyrrole nitrogens is 1. The molecule has 82 valence electrons. The lowest BCUT2D eigenvalue weighted by Crippen LogP contribution is -2.06. The summed E-state index contributed by atoms with van der Waals surface area (Å²) < 4.78 is 0. The molecule has 0 bridgehead atoms. The summed E-state index contributed by atoms with van der Waals surface area (Å²) in [5.74, 6) is 0.751. The zero-order valence-electron chi connectivity index (χ0n) is 9.11. The predicted molar refractivity (Wildman–Crippen MR) is 60.9 cm³/mol. The highest BCUT2D eigenvalue weighted by atomic mass is 16.1. The smallest absolute Gasteiger partial charge is 0.249 e. The molecular formula is C11H12N4O. The van der Waals surface area contributed by atoms with Gasteiger partial charge in [0.05, 0.1) is 0 Å². The second-order valence-corrected chi connectivity index (χ2v) is 3.55. The molecule has 0 fully saturated rings. The van der Waals surface area contributed by atoms with E-state index in [0.717, 1.165) is 5.56 Å². The maximum Gasteiger partial charge on any atom is 0.249 e. The lowest BCUT2D eigenvalue weighted by atomic mass is 10.1. The first-order chi connectivity index (χ1) is 7.65. The number of aromatic nitrogens is 3. The van der Waals surface area contributed by atoms with Crippen LogP contribution in [-0.4, -0.2) is 21.1 Å². The van der Waals surface area contributed by atoms with Crippen LogP contribution in [0.1, 0.15) is 12.5 Å². The van der Waals surface area contributed by atoms with Crippen molar-refractivity contribution in [2.75, 3.05) is 5.32 Å². The standard InChI is InChI=1S/C11H12N4O/c1-7-3-5-9(6-4-7)10-13-11(15-14-10)12-8(2)16/h3-6H,1-2H3,(H2,12,13,14,15,16). The average molecular weight is 216 g/mol. The van der Waals surface area contributed by atoms with Crippen LogP contribution >= 0.6 is 0 Å². The van der Waals surface area contributed by atoms with Crippen molar-refractivity contribution < 1.29 is 4.79 Å². The van der Waals surface area contributed by atoms with Crippen molar-refractivity contribution in [1.82, 2.24) is 15.2 Å². The van der Waals surface area contributed by atoms with Gasteiger partial charge >= 0.3 is 0 Å². The molecule has 0 atom stereocenters. The van der Waals surface area contributed by atoms with E-state index in [-0.39, 0.29) is 5.91 Å². The first-order valence-electron chi connectivity index (χ1n) is 4.92.